The summed E-state index contributed by atoms with van der Waals surface area (Å²) < 4.78 is 23.5. The molecule has 0 aliphatic heterocycles. The molecule has 1 heterocycles. The van der Waals surface area contributed by atoms with E-state index < -0.39 is 15.6 Å². The molecule has 1 rings (SSSR count). The van der Waals surface area contributed by atoms with E-state index in [1.165, 1.54) is 0 Å². The Morgan fingerprint density at radius 3 is 2.56 bits per heavy atom. The molecule has 0 atom stereocenters. The van der Waals surface area contributed by atoms with Gasteiger partial charge in [0.15, 0.2) is 15.6 Å². The maximum atomic E-state index is 11.5. The van der Waals surface area contributed by atoms with E-state index >= 15 is 0 Å². The predicted molar refractivity (Wildman–Crippen MR) is 61.0 cm³/mol. The van der Waals surface area contributed by atoms with E-state index in [9.17, 15) is 13.2 Å². The molecule has 0 bridgehead atoms. The monoisotopic (exact) mass is 244 g/mol. The van der Waals surface area contributed by atoms with Crippen LogP contribution in [0, 0.1) is 0 Å². The zero-order valence-corrected chi connectivity index (χ0v) is 10.5. The molecule has 0 saturated heterocycles. The highest BCUT2D eigenvalue weighted by Gasteiger charge is 2.14. The number of ketones is 1. The fourth-order valence-electron chi connectivity index (χ4n) is 1.46. The smallest absolute Gasteiger partial charge is 0.154 e. The van der Waals surface area contributed by atoms with Gasteiger partial charge < -0.3 is 0 Å². The first-order valence-corrected chi connectivity index (χ1v) is 7.09. The van der Waals surface area contributed by atoms with Gasteiger partial charge in [0.2, 0.25) is 0 Å². The second-order valence-corrected chi connectivity index (χ2v) is 6.03. The van der Waals surface area contributed by atoms with Gasteiger partial charge in [-0.05, 0) is 12.5 Å². The third kappa shape index (κ3) is 3.77. The lowest BCUT2D eigenvalue weighted by molar-refractivity contribution is -0.116. The van der Waals surface area contributed by atoms with Gasteiger partial charge in [-0.25, -0.2) is 8.42 Å². The lowest BCUT2D eigenvalue weighted by Crippen LogP contribution is -2.17. The maximum Gasteiger partial charge on any atom is 0.154 e. The number of aryl methyl sites for hydroxylation is 2. The van der Waals surface area contributed by atoms with Crippen molar-refractivity contribution in [2.75, 3.05) is 12.0 Å². The van der Waals surface area contributed by atoms with Crippen LogP contribution in [0.25, 0.3) is 0 Å². The molecule has 0 spiro atoms. The number of rotatable bonds is 5. The average molecular weight is 244 g/mol. The van der Waals surface area contributed by atoms with Crippen molar-refractivity contribution < 1.29 is 13.2 Å². The Hall–Kier alpha value is -1.17. The Morgan fingerprint density at radius 1 is 1.50 bits per heavy atom. The topological polar surface area (TPSA) is 69.0 Å². The molecule has 90 valence electrons. The SMILES string of the molecule is CCc1cc(CC(=O)CS(C)(=O)=O)n(C)n1. The quantitative estimate of drug-likeness (QED) is 0.738. The number of carbonyl (C=O) groups excluding carboxylic acids is 1. The summed E-state index contributed by atoms with van der Waals surface area (Å²) in [7, 11) is -1.48. The minimum atomic E-state index is -3.23. The molecule has 1 aromatic rings. The van der Waals surface area contributed by atoms with E-state index in [2.05, 4.69) is 5.10 Å². The summed E-state index contributed by atoms with van der Waals surface area (Å²) in [6, 6.07) is 1.83. The van der Waals surface area contributed by atoms with Crippen molar-refractivity contribution in [3.05, 3.63) is 17.5 Å². The minimum Gasteiger partial charge on any atom is -0.298 e. The highest BCUT2D eigenvalue weighted by Crippen LogP contribution is 2.05. The van der Waals surface area contributed by atoms with Crippen molar-refractivity contribution in [2.24, 2.45) is 7.05 Å². The summed E-state index contributed by atoms with van der Waals surface area (Å²) in [5.41, 5.74) is 1.66. The molecule has 0 amide bonds. The highest BCUT2D eigenvalue weighted by molar-refractivity contribution is 7.91. The van der Waals surface area contributed by atoms with Crippen molar-refractivity contribution in [2.45, 2.75) is 19.8 Å². The molecule has 0 saturated carbocycles. The molecule has 1 aromatic heterocycles. The first-order chi connectivity index (χ1) is 7.31. The van der Waals surface area contributed by atoms with Crippen molar-refractivity contribution in [1.29, 1.82) is 0 Å². The van der Waals surface area contributed by atoms with Crippen LogP contribution in [0.3, 0.4) is 0 Å². The first kappa shape index (κ1) is 12.9. The number of carbonyl (C=O) groups is 1. The summed E-state index contributed by atoms with van der Waals surface area (Å²) in [6.45, 7) is 1.98. The number of aromatic nitrogens is 2. The summed E-state index contributed by atoms with van der Waals surface area (Å²) in [5.74, 6) is -0.701. The van der Waals surface area contributed by atoms with Gasteiger partial charge in [-0.3, -0.25) is 9.48 Å². The Bertz CT molecular complexity index is 488. The van der Waals surface area contributed by atoms with Gasteiger partial charge in [0.25, 0.3) is 0 Å². The largest absolute Gasteiger partial charge is 0.298 e. The molecule has 0 aliphatic rings. The standard InChI is InChI=1S/C10H16N2O3S/c1-4-8-5-9(12(2)11-8)6-10(13)7-16(3,14)15/h5H,4,6-7H2,1-3H3. The van der Waals surface area contributed by atoms with Crippen LogP contribution in [-0.2, 0) is 34.5 Å². The number of hydrogen-bond acceptors (Lipinski definition) is 4. The van der Waals surface area contributed by atoms with Gasteiger partial charge in [-0.2, -0.15) is 5.10 Å². The molecule has 0 radical (unpaired) electrons. The van der Waals surface area contributed by atoms with Crippen molar-refractivity contribution in [3.8, 4) is 0 Å². The minimum absolute atomic E-state index is 0.122. The van der Waals surface area contributed by atoms with Crippen LogP contribution in [0.1, 0.15) is 18.3 Å². The normalized spacial score (nSPS) is 11.7. The van der Waals surface area contributed by atoms with E-state index in [-0.39, 0.29) is 12.2 Å². The second-order valence-electron chi connectivity index (χ2n) is 3.89. The van der Waals surface area contributed by atoms with E-state index in [1.54, 1.807) is 11.7 Å². The predicted octanol–water partition coefficient (Wildman–Crippen LogP) is 0.139. The maximum absolute atomic E-state index is 11.5. The van der Waals surface area contributed by atoms with Gasteiger partial charge in [0, 0.05) is 25.4 Å². The van der Waals surface area contributed by atoms with E-state index in [4.69, 9.17) is 0 Å². The molecular weight excluding hydrogens is 228 g/mol. The summed E-state index contributed by atoms with van der Waals surface area (Å²) in [6.07, 6.45) is 1.98. The van der Waals surface area contributed by atoms with Crippen molar-refractivity contribution in [1.82, 2.24) is 9.78 Å². The van der Waals surface area contributed by atoms with Gasteiger partial charge in [0.1, 0.15) is 5.75 Å². The zero-order valence-electron chi connectivity index (χ0n) is 9.73. The number of sulfone groups is 1. The molecular formula is C10H16N2O3S. The Labute approximate surface area is 95.4 Å². The number of hydrogen-bond donors (Lipinski definition) is 0. The molecule has 5 nitrogen and oxygen atoms in total. The highest BCUT2D eigenvalue weighted by atomic mass is 32.2. The van der Waals surface area contributed by atoms with Gasteiger partial charge in [0.05, 0.1) is 5.69 Å². The van der Waals surface area contributed by atoms with E-state index in [1.807, 2.05) is 13.0 Å². The molecule has 16 heavy (non-hydrogen) atoms. The summed E-state index contributed by atoms with van der Waals surface area (Å²) >= 11 is 0. The van der Waals surface area contributed by atoms with Crippen LogP contribution in [-0.4, -0.2) is 36.0 Å². The fraction of sp³-hybridized carbons (Fsp3) is 0.600. The molecule has 6 heteroatoms. The number of nitrogens with zero attached hydrogens (tertiary/aromatic N) is 2. The average Bonchev–Trinajstić information content (AvgIpc) is 2.44. The van der Waals surface area contributed by atoms with Crippen molar-refractivity contribution in [3.63, 3.8) is 0 Å². The lowest BCUT2D eigenvalue weighted by Gasteiger charge is -2.00. The Kier molecular flexibility index (Phi) is 3.85. The molecule has 0 fully saturated rings. The van der Waals surface area contributed by atoms with Gasteiger partial charge in [-0.1, -0.05) is 6.92 Å². The third-order valence-electron chi connectivity index (χ3n) is 2.19. The van der Waals surface area contributed by atoms with Gasteiger partial charge >= 0.3 is 0 Å². The molecule has 0 aromatic carbocycles. The molecule has 0 unspecified atom stereocenters. The van der Waals surface area contributed by atoms with Crippen LogP contribution < -0.4 is 0 Å². The number of Topliss-reactive ketones (excluding diaryl/α,β-unsaturated/α-hetero) is 1. The van der Waals surface area contributed by atoms with Crippen molar-refractivity contribution >= 4 is 15.6 Å². The first-order valence-electron chi connectivity index (χ1n) is 5.03. The van der Waals surface area contributed by atoms with E-state index in [0.717, 1.165) is 24.1 Å². The van der Waals surface area contributed by atoms with Crippen LogP contribution in [0.5, 0.6) is 0 Å². The molecule has 0 aliphatic carbocycles. The summed E-state index contributed by atoms with van der Waals surface area (Å²) in [5, 5.41) is 4.19. The lowest BCUT2D eigenvalue weighted by atomic mass is 10.2. The second kappa shape index (κ2) is 4.78. The third-order valence-corrected chi connectivity index (χ3v) is 3.04. The van der Waals surface area contributed by atoms with Crippen LogP contribution in [0.4, 0.5) is 0 Å². The van der Waals surface area contributed by atoms with Gasteiger partial charge in [-0.15, -0.1) is 0 Å². The Balaban J connectivity index is 2.73. The molecule has 0 N–H and O–H groups in total. The van der Waals surface area contributed by atoms with E-state index in [0.29, 0.717) is 0 Å². The van der Waals surface area contributed by atoms with Crippen LogP contribution in [0.15, 0.2) is 6.07 Å². The zero-order chi connectivity index (χ0) is 12.3. The summed E-state index contributed by atoms with van der Waals surface area (Å²) in [4.78, 5) is 11.5. The van der Waals surface area contributed by atoms with Crippen LogP contribution >= 0.6 is 0 Å². The fourth-order valence-corrected chi connectivity index (χ4v) is 2.14. The van der Waals surface area contributed by atoms with Crippen LogP contribution in [0.2, 0.25) is 0 Å². The Morgan fingerprint density at radius 2 is 2.12 bits per heavy atom.